The summed E-state index contributed by atoms with van der Waals surface area (Å²) in [6.07, 6.45) is 3.48. The van der Waals surface area contributed by atoms with Crippen molar-refractivity contribution in [1.82, 2.24) is 0 Å². The first-order chi connectivity index (χ1) is 10.2. The summed E-state index contributed by atoms with van der Waals surface area (Å²) in [6.45, 7) is 3.25. The second-order valence-electron chi connectivity index (χ2n) is 5.11. The third-order valence-corrected chi connectivity index (χ3v) is 3.37. The van der Waals surface area contributed by atoms with E-state index in [0.717, 1.165) is 23.4 Å². The van der Waals surface area contributed by atoms with Gasteiger partial charge in [-0.1, -0.05) is 12.1 Å². The molecule has 1 aromatic carbocycles. The number of anilines is 1. The maximum absolute atomic E-state index is 12.5. The predicted octanol–water partition coefficient (Wildman–Crippen LogP) is 2.90. The summed E-state index contributed by atoms with van der Waals surface area (Å²) in [7, 11) is 0. The van der Waals surface area contributed by atoms with Gasteiger partial charge in [0.2, 0.25) is 5.91 Å². The van der Waals surface area contributed by atoms with Gasteiger partial charge in [0.05, 0.1) is 6.26 Å². The molecule has 2 rings (SSSR count). The fourth-order valence-corrected chi connectivity index (χ4v) is 2.26. The van der Waals surface area contributed by atoms with Gasteiger partial charge in [-0.3, -0.25) is 4.79 Å². The third-order valence-electron chi connectivity index (χ3n) is 3.37. The molecule has 0 unspecified atom stereocenters. The Labute approximate surface area is 125 Å². The molecule has 0 saturated carbocycles. The molecule has 0 aliphatic rings. The highest BCUT2D eigenvalue weighted by atomic mass is 16.3. The second kappa shape index (κ2) is 7.64. The second-order valence-corrected chi connectivity index (χ2v) is 5.11. The number of benzene rings is 1. The normalized spacial score (nSPS) is 10.6. The Morgan fingerprint density at radius 3 is 2.81 bits per heavy atom. The predicted molar refractivity (Wildman–Crippen MR) is 84.2 cm³/mol. The average Bonchev–Trinajstić information content (AvgIpc) is 2.99. The SMILES string of the molecule is Cc1cccc(N(CCCN)C(=O)CCc2ccco2)c1. The largest absolute Gasteiger partial charge is 0.469 e. The lowest BCUT2D eigenvalue weighted by Gasteiger charge is -2.23. The van der Waals surface area contributed by atoms with Crippen LogP contribution >= 0.6 is 0 Å². The molecule has 0 bridgehead atoms. The molecular formula is C17H22N2O2. The van der Waals surface area contributed by atoms with E-state index in [9.17, 15) is 4.79 Å². The Morgan fingerprint density at radius 1 is 1.29 bits per heavy atom. The van der Waals surface area contributed by atoms with E-state index in [1.807, 2.05) is 48.2 Å². The molecule has 112 valence electrons. The van der Waals surface area contributed by atoms with Crippen LogP contribution in [0.1, 0.15) is 24.2 Å². The zero-order chi connectivity index (χ0) is 15.1. The van der Waals surface area contributed by atoms with Crippen molar-refractivity contribution in [3.8, 4) is 0 Å². The minimum atomic E-state index is 0.102. The first kappa shape index (κ1) is 15.3. The number of carbonyl (C=O) groups excluding carboxylic acids is 1. The monoisotopic (exact) mass is 286 g/mol. The minimum absolute atomic E-state index is 0.102. The number of aryl methyl sites for hydroxylation is 2. The highest BCUT2D eigenvalue weighted by Crippen LogP contribution is 2.18. The van der Waals surface area contributed by atoms with Gasteiger partial charge in [-0.15, -0.1) is 0 Å². The molecular weight excluding hydrogens is 264 g/mol. The van der Waals surface area contributed by atoms with Crippen LogP contribution in [0.4, 0.5) is 5.69 Å². The maximum atomic E-state index is 12.5. The first-order valence-corrected chi connectivity index (χ1v) is 7.30. The van der Waals surface area contributed by atoms with Gasteiger partial charge in [-0.2, -0.15) is 0 Å². The van der Waals surface area contributed by atoms with Crippen molar-refractivity contribution >= 4 is 11.6 Å². The zero-order valence-corrected chi connectivity index (χ0v) is 12.4. The highest BCUT2D eigenvalue weighted by Gasteiger charge is 2.15. The minimum Gasteiger partial charge on any atom is -0.469 e. The molecule has 4 nitrogen and oxygen atoms in total. The van der Waals surface area contributed by atoms with E-state index in [-0.39, 0.29) is 5.91 Å². The van der Waals surface area contributed by atoms with Crippen LogP contribution < -0.4 is 10.6 Å². The van der Waals surface area contributed by atoms with Crippen LogP contribution in [0.5, 0.6) is 0 Å². The van der Waals surface area contributed by atoms with Crippen LogP contribution in [0.3, 0.4) is 0 Å². The fraction of sp³-hybridized carbons (Fsp3) is 0.353. The van der Waals surface area contributed by atoms with Crippen molar-refractivity contribution in [2.45, 2.75) is 26.2 Å². The number of nitrogens with two attached hydrogens (primary N) is 1. The molecule has 0 spiro atoms. The Balaban J connectivity index is 2.05. The standard InChI is InChI=1S/C17H22N2O2/c1-14-5-2-6-15(13-14)19(11-4-10-18)17(20)9-8-16-7-3-12-21-16/h2-3,5-7,12-13H,4,8-11,18H2,1H3. The van der Waals surface area contributed by atoms with Crippen molar-refractivity contribution < 1.29 is 9.21 Å². The van der Waals surface area contributed by atoms with E-state index < -0.39 is 0 Å². The van der Waals surface area contributed by atoms with Crippen LogP contribution in [0.15, 0.2) is 47.1 Å². The average molecular weight is 286 g/mol. The summed E-state index contributed by atoms with van der Waals surface area (Å²) >= 11 is 0. The van der Waals surface area contributed by atoms with Gasteiger partial charge < -0.3 is 15.1 Å². The lowest BCUT2D eigenvalue weighted by molar-refractivity contribution is -0.118. The molecule has 4 heteroatoms. The third kappa shape index (κ3) is 4.46. The topological polar surface area (TPSA) is 59.5 Å². The van der Waals surface area contributed by atoms with Gasteiger partial charge >= 0.3 is 0 Å². The molecule has 2 N–H and O–H groups in total. The summed E-state index contributed by atoms with van der Waals surface area (Å²) in [4.78, 5) is 14.3. The maximum Gasteiger partial charge on any atom is 0.227 e. The highest BCUT2D eigenvalue weighted by molar-refractivity contribution is 5.93. The zero-order valence-electron chi connectivity index (χ0n) is 12.4. The molecule has 0 aliphatic carbocycles. The molecule has 21 heavy (non-hydrogen) atoms. The molecule has 1 amide bonds. The first-order valence-electron chi connectivity index (χ1n) is 7.30. The molecule has 2 aromatic rings. The Hall–Kier alpha value is -2.07. The summed E-state index contributed by atoms with van der Waals surface area (Å²) in [6, 6.07) is 11.7. The van der Waals surface area contributed by atoms with Crippen molar-refractivity contribution in [2.24, 2.45) is 5.73 Å². The lowest BCUT2D eigenvalue weighted by Crippen LogP contribution is -2.33. The van der Waals surface area contributed by atoms with Crippen molar-refractivity contribution in [1.29, 1.82) is 0 Å². The molecule has 0 aliphatic heterocycles. The van der Waals surface area contributed by atoms with Crippen molar-refractivity contribution in [2.75, 3.05) is 18.0 Å². The molecule has 0 atom stereocenters. The summed E-state index contributed by atoms with van der Waals surface area (Å²) < 4.78 is 5.28. The summed E-state index contributed by atoms with van der Waals surface area (Å²) in [5.74, 6) is 0.941. The number of furan rings is 1. The van der Waals surface area contributed by atoms with Gasteiger partial charge in [0.25, 0.3) is 0 Å². The van der Waals surface area contributed by atoms with E-state index in [2.05, 4.69) is 0 Å². The van der Waals surface area contributed by atoms with E-state index >= 15 is 0 Å². The van der Waals surface area contributed by atoms with Crippen molar-refractivity contribution in [3.63, 3.8) is 0 Å². The molecule has 1 heterocycles. The fourth-order valence-electron chi connectivity index (χ4n) is 2.26. The van der Waals surface area contributed by atoms with Crippen LogP contribution in [0.25, 0.3) is 0 Å². The Morgan fingerprint density at radius 2 is 2.14 bits per heavy atom. The number of hydrogen-bond acceptors (Lipinski definition) is 3. The molecule has 0 fully saturated rings. The van der Waals surface area contributed by atoms with Gasteiger partial charge in [-0.05, 0) is 49.7 Å². The Kier molecular flexibility index (Phi) is 5.58. The Bertz CT molecular complexity index is 564. The van der Waals surface area contributed by atoms with Crippen LogP contribution in [0.2, 0.25) is 0 Å². The molecule has 0 radical (unpaired) electrons. The number of hydrogen-bond donors (Lipinski definition) is 1. The van der Waals surface area contributed by atoms with Crippen LogP contribution in [-0.2, 0) is 11.2 Å². The van der Waals surface area contributed by atoms with Crippen molar-refractivity contribution in [3.05, 3.63) is 54.0 Å². The summed E-state index contributed by atoms with van der Waals surface area (Å²) in [5.41, 5.74) is 7.66. The molecule has 0 saturated heterocycles. The van der Waals surface area contributed by atoms with Gasteiger partial charge in [0, 0.05) is 25.1 Å². The van der Waals surface area contributed by atoms with E-state index in [1.54, 1.807) is 6.26 Å². The van der Waals surface area contributed by atoms with Crippen LogP contribution in [0, 0.1) is 6.92 Å². The van der Waals surface area contributed by atoms with Gasteiger partial charge in [0.1, 0.15) is 5.76 Å². The number of nitrogens with zero attached hydrogens (tertiary/aromatic N) is 1. The van der Waals surface area contributed by atoms with Crippen LogP contribution in [-0.4, -0.2) is 19.0 Å². The van der Waals surface area contributed by atoms with E-state index in [4.69, 9.17) is 10.2 Å². The van der Waals surface area contributed by atoms with E-state index in [0.29, 0.717) is 25.9 Å². The smallest absolute Gasteiger partial charge is 0.227 e. The van der Waals surface area contributed by atoms with Gasteiger partial charge in [0.15, 0.2) is 0 Å². The lowest BCUT2D eigenvalue weighted by atomic mass is 10.1. The quantitative estimate of drug-likeness (QED) is 0.851. The van der Waals surface area contributed by atoms with E-state index in [1.165, 1.54) is 0 Å². The number of rotatable bonds is 7. The number of carbonyl (C=O) groups is 1. The molecule has 1 aromatic heterocycles. The number of amides is 1. The van der Waals surface area contributed by atoms with Gasteiger partial charge in [-0.25, -0.2) is 0 Å². The summed E-state index contributed by atoms with van der Waals surface area (Å²) in [5, 5.41) is 0.